The lowest BCUT2D eigenvalue weighted by atomic mass is 9.67. The van der Waals surface area contributed by atoms with E-state index in [0.29, 0.717) is 0 Å². The number of rotatable bonds is 1. The Hall–Kier alpha value is -2.74. The number of aromatic nitrogens is 2. The third-order valence-electron chi connectivity index (χ3n) is 6.03. The fourth-order valence-electron chi connectivity index (χ4n) is 4.96. The van der Waals surface area contributed by atoms with Gasteiger partial charge in [-0.25, -0.2) is 0 Å². The first kappa shape index (κ1) is 17.4. The van der Waals surface area contributed by atoms with Crippen LogP contribution in [0.2, 0.25) is 0 Å². The van der Waals surface area contributed by atoms with Crippen molar-refractivity contribution >= 4 is 21.5 Å². The molecule has 0 unspecified atom stereocenters. The van der Waals surface area contributed by atoms with E-state index in [2.05, 4.69) is 76.0 Å². The van der Waals surface area contributed by atoms with E-state index in [9.17, 15) is 0 Å². The van der Waals surface area contributed by atoms with Gasteiger partial charge in [0.05, 0.1) is 5.69 Å². The highest BCUT2D eigenvalue weighted by Crippen LogP contribution is 2.50. The Kier molecular flexibility index (Phi) is 3.49. The minimum Gasteiger partial charge on any atom is -0.264 e. The van der Waals surface area contributed by atoms with Crippen molar-refractivity contribution in [3.8, 4) is 11.3 Å². The summed E-state index contributed by atoms with van der Waals surface area (Å²) in [5.41, 5.74) is 6.69. The lowest BCUT2D eigenvalue weighted by molar-refractivity contribution is 0.411. The normalized spacial score (nSPS) is 15.0. The summed E-state index contributed by atoms with van der Waals surface area (Å²) in [7, 11) is 0. The lowest BCUT2D eigenvalue weighted by Gasteiger charge is -2.36. The monoisotopic (exact) mass is 366 g/mol. The average Bonchev–Trinajstić information content (AvgIpc) is 2.63. The van der Waals surface area contributed by atoms with Crippen LogP contribution in [-0.4, -0.2) is 9.97 Å². The Morgan fingerprint density at radius 2 is 1.75 bits per heavy atom. The molecule has 2 heterocycles. The molecule has 4 aromatic rings. The summed E-state index contributed by atoms with van der Waals surface area (Å²) < 4.78 is 0. The molecule has 1 aliphatic rings. The SMILES string of the molecule is CC(C)(C)Cc1cc2c3c(nccc3c1)-c1ccc3cnccc3c1C2(C)C. The van der Waals surface area contributed by atoms with Gasteiger partial charge in [0.25, 0.3) is 0 Å². The molecule has 1 aliphatic carbocycles. The molecule has 2 aromatic carbocycles. The van der Waals surface area contributed by atoms with Crippen molar-refractivity contribution in [1.29, 1.82) is 0 Å². The molecule has 0 amide bonds. The number of benzene rings is 2. The minimum absolute atomic E-state index is 0.0988. The second kappa shape index (κ2) is 5.64. The lowest BCUT2D eigenvalue weighted by Crippen LogP contribution is -2.25. The number of hydrogen-bond acceptors (Lipinski definition) is 2. The van der Waals surface area contributed by atoms with Crippen molar-refractivity contribution < 1.29 is 0 Å². The molecule has 2 heteroatoms. The summed E-state index contributed by atoms with van der Waals surface area (Å²) in [5.74, 6) is 0. The fraction of sp³-hybridized carbons (Fsp3) is 0.308. The van der Waals surface area contributed by atoms with Gasteiger partial charge in [-0.15, -0.1) is 0 Å². The summed E-state index contributed by atoms with van der Waals surface area (Å²) in [6.07, 6.45) is 6.89. The van der Waals surface area contributed by atoms with Crippen LogP contribution < -0.4 is 0 Å². The van der Waals surface area contributed by atoms with Crippen molar-refractivity contribution in [2.24, 2.45) is 5.41 Å². The molecular weight excluding hydrogens is 340 g/mol. The van der Waals surface area contributed by atoms with Gasteiger partial charge in [-0.2, -0.15) is 0 Å². The zero-order chi connectivity index (χ0) is 19.7. The van der Waals surface area contributed by atoms with E-state index < -0.39 is 0 Å². The highest BCUT2D eigenvalue weighted by atomic mass is 14.7. The summed E-state index contributed by atoms with van der Waals surface area (Å²) in [5, 5.41) is 5.08. The molecule has 0 saturated heterocycles. The number of nitrogens with zero attached hydrogens (tertiary/aromatic N) is 2. The van der Waals surface area contributed by atoms with Gasteiger partial charge < -0.3 is 0 Å². The van der Waals surface area contributed by atoms with Crippen molar-refractivity contribution in [3.05, 3.63) is 71.7 Å². The molecule has 0 aliphatic heterocycles. The summed E-state index contributed by atoms with van der Waals surface area (Å²) in [4.78, 5) is 9.17. The highest BCUT2D eigenvalue weighted by Gasteiger charge is 2.36. The maximum Gasteiger partial charge on any atom is 0.0786 e. The largest absolute Gasteiger partial charge is 0.264 e. The van der Waals surface area contributed by atoms with Gasteiger partial charge in [-0.3, -0.25) is 9.97 Å². The van der Waals surface area contributed by atoms with Gasteiger partial charge in [0.2, 0.25) is 0 Å². The molecular formula is C26H26N2. The molecule has 0 N–H and O–H groups in total. The van der Waals surface area contributed by atoms with E-state index in [-0.39, 0.29) is 10.8 Å². The molecule has 0 radical (unpaired) electrons. The standard InChI is InChI=1S/C26H26N2/c1-25(2,3)14-16-12-17-8-11-28-24-20-7-6-18-15-27-10-9-19(18)23(20)26(4,5)21(13-16)22(17)24/h6-13,15H,14H2,1-5H3. The van der Waals surface area contributed by atoms with Crippen LogP contribution in [0.3, 0.4) is 0 Å². The average molecular weight is 367 g/mol. The van der Waals surface area contributed by atoms with E-state index in [1.54, 1.807) is 0 Å². The molecule has 0 saturated carbocycles. The smallest absolute Gasteiger partial charge is 0.0786 e. The maximum atomic E-state index is 4.84. The van der Waals surface area contributed by atoms with E-state index in [4.69, 9.17) is 4.98 Å². The van der Waals surface area contributed by atoms with Crippen LogP contribution in [0.15, 0.2) is 55.0 Å². The number of pyridine rings is 2. The van der Waals surface area contributed by atoms with E-state index in [0.717, 1.165) is 12.1 Å². The van der Waals surface area contributed by atoms with Gasteiger partial charge in [-0.1, -0.05) is 58.9 Å². The predicted molar refractivity (Wildman–Crippen MR) is 118 cm³/mol. The van der Waals surface area contributed by atoms with Crippen LogP contribution in [0.5, 0.6) is 0 Å². The van der Waals surface area contributed by atoms with Crippen LogP contribution in [0.4, 0.5) is 0 Å². The third kappa shape index (κ3) is 2.47. The van der Waals surface area contributed by atoms with Crippen molar-refractivity contribution in [2.45, 2.75) is 46.5 Å². The molecule has 28 heavy (non-hydrogen) atoms. The van der Waals surface area contributed by atoms with Crippen molar-refractivity contribution in [1.82, 2.24) is 9.97 Å². The Balaban J connectivity index is 1.90. The first-order valence-electron chi connectivity index (χ1n) is 10.1. The molecule has 0 spiro atoms. The van der Waals surface area contributed by atoms with Crippen LogP contribution in [-0.2, 0) is 11.8 Å². The van der Waals surface area contributed by atoms with E-state index in [1.807, 2.05) is 18.6 Å². The Labute approximate surface area is 166 Å². The minimum atomic E-state index is -0.0988. The molecule has 0 fully saturated rings. The first-order valence-corrected chi connectivity index (χ1v) is 10.1. The Morgan fingerprint density at radius 1 is 0.929 bits per heavy atom. The van der Waals surface area contributed by atoms with Crippen LogP contribution >= 0.6 is 0 Å². The first-order chi connectivity index (χ1) is 13.3. The van der Waals surface area contributed by atoms with Gasteiger partial charge in [-0.05, 0) is 51.4 Å². The molecule has 140 valence electrons. The van der Waals surface area contributed by atoms with Crippen LogP contribution in [0, 0.1) is 5.41 Å². The zero-order valence-corrected chi connectivity index (χ0v) is 17.3. The van der Waals surface area contributed by atoms with Gasteiger partial charge in [0.15, 0.2) is 0 Å². The predicted octanol–water partition coefficient (Wildman–Crippen LogP) is 6.68. The summed E-state index contributed by atoms with van der Waals surface area (Å²) >= 11 is 0. The third-order valence-corrected chi connectivity index (χ3v) is 6.03. The Morgan fingerprint density at radius 3 is 2.54 bits per heavy atom. The van der Waals surface area contributed by atoms with Crippen LogP contribution in [0.1, 0.15) is 51.3 Å². The highest BCUT2D eigenvalue weighted by molar-refractivity contribution is 6.05. The van der Waals surface area contributed by atoms with Gasteiger partial charge in [0.1, 0.15) is 0 Å². The van der Waals surface area contributed by atoms with Gasteiger partial charge >= 0.3 is 0 Å². The van der Waals surface area contributed by atoms with Crippen molar-refractivity contribution in [3.63, 3.8) is 0 Å². The summed E-state index contributed by atoms with van der Waals surface area (Å²) in [6, 6.07) is 13.5. The second-order valence-corrected chi connectivity index (χ2v) is 9.85. The molecule has 0 bridgehead atoms. The molecule has 2 aromatic heterocycles. The number of hydrogen-bond donors (Lipinski definition) is 0. The van der Waals surface area contributed by atoms with E-state index in [1.165, 1.54) is 43.8 Å². The van der Waals surface area contributed by atoms with Crippen molar-refractivity contribution in [2.75, 3.05) is 0 Å². The number of fused-ring (bicyclic) bond motifs is 4. The summed E-state index contributed by atoms with van der Waals surface area (Å²) in [6.45, 7) is 11.6. The van der Waals surface area contributed by atoms with E-state index >= 15 is 0 Å². The topological polar surface area (TPSA) is 25.8 Å². The Bertz CT molecular complexity index is 1240. The molecule has 5 rings (SSSR count). The molecule has 2 nitrogen and oxygen atoms in total. The quantitative estimate of drug-likeness (QED) is 0.375. The fourth-order valence-corrected chi connectivity index (χ4v) is 4.96. The van der Waals surface area contributed by atoms with Gasteiger partial charge in [0, 0.05) is 40.3 Å². The zero-order valence-electron chi connectivity index (χ0n) is 17.3. The van der Waals surface area contributed by atoms with Crippen LogP contribution in [0.25, 0.3) is 32.8 Å². The second-order valence-electron chi connectivity index (χ2n) is 9.85. The molecule has 0 atom stereocenters. The maximum absolute atomic E-state index is 4.84.